The predicted molar refractivity (Wildman–Crippen MR) is 88.8 cm³/mol. The number of anilines is 1. The van der Waals surface area contributed by atoms with E-state index in [1.165, 1.54) is 11.3 Å². The normalized spacial score (nSPS) is 18.7. The van der Waals surface area contributed by atoms with Crippen LogP contribution >= 0.6 is 11.3 Å². The van der Waals surface area contributed by atoms with E-state index in [0.29, 0.717) is 18.3 Å². The Bertz CT molecular complexity index is 686. The first-order chi connectivity index (χ1) is 11.6. The van der Waals surface area contributed by atoms with Crippen molar-refractivity contribution in [2.24, 2.45) is 0 Å². The van der Waals surface area contributed by atoms with Gasteiger partial charge in [0.05, 0.1) is 6.54 Å². The summed E-state index contributed by atoms with van der Waals surface area (Å²) in [5.41, 5.74) is 0. The third-order valence-corrected chi connectivity index (χ3v) is 4.65. The summed E-state index contributed by atoms with van der Waals surface area (Å²) in [5.74, 6) is 1.85. The molecule has 0 bridgehead atoms. The highest BCUT2D eigenvalue weighted by Gasteiger charge is 2.25. The summed E-state index contributed by atoms with van der Waals surface area (Å²) in [7, 11) is 1.60. The molecule has 0 radical (unpaired) electrons. The van der Waals surface area contributed by atoms with Crippen LogP contribution in [0.4, 0.5) is 5.13 Å². The molecule has 0 spiro atoms. The van der Waals surface area contributed by atoms with Crippen LogP contribution in [0, 0.1) is 6.92 Å². The molecule has 24 heavy (non-hydrogen) atoms. The number of methoxy groups -OCH3 is 1. The molecule has 1 atom stereocenters. The lowest BCUT2D eigenvalue weighted by atomic mass is 9.97. The number of carbonyl (C=O) groups is 1. The predicted octanol–water partition coefficient (Wildman–Crippen LogP) is 0.929. The second-order valence-corrected chi connectivity index (χ2v) is 6.90. The third-order valence-electron chi connectivity index (χ3n) is 3.83. The Labute approximate surface area is 143 Å². The van der Waals surface area contributed by atoms with Crippen LogP contribution < -0.4 is 5.32 Å². The molecule has 2 N–H and O–H groups in total. The molecule has 0 saturated carbocycles. The van der Waals surface area contributed by atoms with Crippen molar-refractivity contribution >= 4 is 22.4 Å². The van der Waals surface area contributed by atoms with Crippen molar-refractivity contribution < 1.29 is 9.53 Å². The summed E-state index contributed by atoms with van der Waals surface area (Å²) in [6.07, 6.45) is 2.08. The molecular formula is C14H21N7O2S. The maximum Gasteiger partial charge on any atom is 0.240 e. The second-order valence-electron chi connectivity index (χ2n) is 5.84. The Hall–Kier alpha value is -1.91. The molecule has 130 valence electrons. The second kappa shape index (κ2) is 7.77. The number of carbonyl (C=O) groups excluding carboxylic acids is 1. The average molecular weight is 351 g/mol. The smallest absolute Gasteiger partial charge is 0.240 e. The number of aromatic amines is 1. The summed E-state index contributed by atoms with van der Waals surface area (Å²) in [6, 6.07) is 0. The van der Waals surface area contributed by atoms with Gasteiger partial charge in [0, 0.05) is 19.6 Å². The molecule has 10 heteroatoms. The highest BCUT2D eigenvalue weighted by molar-refractivity contribution is 7.15. The molecule has 1 unspecified atom stereocenters. The summed E-state index contributed by atoms with van der Waals surface area (Å²) in [4.78, 5) is 18.8. The minimum atomic E-state index is -0.0815. The SMILES string of the molecule is COCc1nnc(NC(=O)CN2CCCC(c3n[nH]c(C)n3)C2)s1. The average Bonchev–Trinajstić information content (AvgIpc) is 3.17. The van der Waals surface area contributed by atoms with Crippen molar-refractivity contribution in [2.75, 3.05) is 32.1 Å². The number of aryl methyl sites for hydroxylation is 1. The maximum absolute atomic E-state index is 12.2. The van der Waals surface area contributed by atoms with Crippen LogP contribution in [0.1, 0.15) is 35.4 Å². The standard InChI is InChI=1S/C14H21N7O2S/c1-9-15-13(19-17-9)10-4-3-5-21(6-10)7-11(22)16-14-20-18-12(24-14)8-23-2/h10H,3-8H2,1-2H3,(H,15,17,19)(H,16,20,22). The minimum absolute atomic E-state index is 0.0815. The van der Waals surface area contributed by atoms with E-state index in [4.69, 9.17) is 4.74 Å². The van der Waals surface area contributed by atoms with Gasteiger partial charge in [0.25, 0.3) is 0 Å². The largest absolute Gasteiger partial charge is 0.377 e. The fraction of sp³-hybridized carbons (Fsp3) is 0.643. The van der Waals surface area contributed by atoms with Crippen LogP contribution in [0.15, 0.2) is 0 Å². The Morgan fingerprint density at radius 2 is 2.38 bits per heavy atom. The van der Waals surface area contributed by atoms with Crippen LogP contribution in [-0.2, 0) is 16.1 Å². The first kappa shape index (κ1) is 16.9. The maximum atomic E-state index is 12.2. The van der Waals surface area contributed by atoms with Gasteiger partial charge in [-0.2, -0.15) is 5.10 Å². The number of nitrogens with one attached hydrogen (secondary N) is 2. The Morgan fingerprint density at radius 1 is 1.50 bits per heavy atom. The number of ether oxygens (including phenoxy) is 1. The van der Waals surface area contributed by atoms with Crippen LogP contribution in [0.5, 0.6) is 0 Å². The molecule has 3 rings (SSSR count). The van der Waals surface area contributed by atoms with Crippen molar-refractivity contribution in [1.29, 1.82) is 0 Å². The lowest BCUT2D eigenvalue weighted by molar-refractivity contribution is -0.117. The molecule has 9 nitrogen and oxygen atoms in total. The van der Waals surface area contributed by atoms with Gasteiger partial charge in [0.1, 0.15) is 17.4 Å². The molecule has 2 aromatic rings. The molecule has 1 saturated heterocycles. The van der Waals surface area contributed by atoms with Gasteiger partial charge in [-0.25, -0.2) is 4.98 Å². The monoisotopic (exact) mass is 351 g/mol. The number of aromatic nitrogens is 5. The van der Waals surface area contributed by atoms with Crippen molar-refractivity contribution in [3.8, 4) is 0 Å². The molecule has 3 heterocycles. The quantitative estimate of drug-likeness (QED) is 0.797. The van der Waals surface area contributed by atoms with E-state index >= 15 is 0 Å². The zero-order valence-corrected chi connectivity index (χ0v) is 14.6. The number of amides is 1. The van der Waals surface area contributed by atoms with E-state index in [1.54, 1.807) is 7.11 Å². The van der Waals surface area contributed by atoms with Gasteiger partial charge in [0.15, 0.2) is 5.82 Å². The molecule has 1 amide bonds. The third kappa shape index (κ3) is 4.34. The van der Waals surface area contributed by atoms with E-state index < -0.39 is 0 Å². The van der Waals surface area contributed by atoms with Crippen LogP contribution in [0.2, 0.25) is 0 Å². The Kier molecular flexibility index (Phi) is 5.48. The Balaban J connectivity index is 1.51. The number of hydrogen-bond acceptors (Lipinski definition) is 8. The topological polar surface area (TPSA) is 109 Å². The van der Waals surface area contributed by atoms with E-state index in [0.717, 1.165) is 42.6 Å². The molecular weight excluding hydrogens is 330 g/mol. The fourth-order valence-electron chi connectivity index (χ4n) is 2.80. The van der Waals surface area contributed by atoms with Crippen LogP contribution in [0.25, 0.3) is 0 Å². The van der Waals surface area contributed by atoms with Gasteiger partial charge in [-0.05, 0) is 26.3 Å². The molecule has 0 aliphatic carbocycles. The first-order valence-corrected chi connectivity index (χ1v) is 8.68. The number of piperidine rings is 1. The molecule has 1 fully saturated rings. The fourth-order valence-corrected chi connectivity index (χ4v) is 3.53. The molecule has 2 aromatic heterocycles. The van der Waals surface area contributed by atoms with E-state index in [9.17, 15) is 4.79 Å². The van der Waals surface area contributed by atoms with Crippen molar-refractivity contribution in [1.82, 2.24) is 30.3 Å². The van der Waals surface area contributed by atoms with Gasteiger partial charge >= 0.3 is 0 Å². The lowest BCUT2D eigenvalue weighted by Crippen LogP contribution is -2.40. The first-order valence-electron chi connectivity index (χ1n) is 7.86. The highest BCUT2D eigenvalue weighted by Crippen LogP contribution is 2.24. The van der Waals surface area contributed by atoms with Crippen molar-refractivity contribution in [3.63, 3.8) is 0 Å². The van der Waals surface area contributed by atoms with Crippen molar-refractivity contribution in [3.05, 3.63) is 16.7 Å². The summed E-state index contributed by atoms with van der Waals surface area (Å²) in [5, 5.41) is 19.1. The zero-order valence-electron chi connectivity index (χ0n) is 13.8. The molecule has 1 aliphatic rings. The number of rotatable bonds is 6. The highest BCUT2D eigenvalue weighted by atomic mass is 32.1. The van der Waals surface area contributed by atoms with Crippen LogP contribution in [0.3, 0.4) is 0 Å². The van der Waals surface area contributed by atoms with Gasteiger partial charge in [-0.3, -0.25) is 20.1 Å². The number of nitrogens with zero attached hydrogens (tertiary/aromatic N) is 5. The van der Waals surface area contributed by atoms with Crippen LogP contribution in [-0.4, -0.2) is 62.9 Å². The van der Waals surface area contributed by atoms with E-state index in [2.05, 4.69) is 35.6 Å². The summed E-state index contributed by atoms with van der Waals surface area (Å²) < 4.78 is 5.00. The van der Waals surface area contributed by atoms with Gasteiger partial charge in [-0.15, -0.1) is 10.2 Å². The zero-order chi connectivity index (χ0) is 16.9. The number of H-pyrrole nitrogens is 1. The van der Waals surface area contributed by atoms with E-state index in [-0.39, 0.29) is 11.8 Å². The molecule has 1 aliphatic heterocycles. The number of hydrogen-bond donors (Lipinski definition) is 2. The van der Waals surface area contributed by atoms with E-state index in [1.807, 2.05) is 6.92 Å². The summed E-state index contributed by atoms with van der Waals surface area (Å²) >= 11 is 1.33. The lowest BCUT2D eigenvalue weighted by Gasteiger charge is -2.30. The van der Waals surface area contributed by atoms with Gasteiger partial charge in [-0.1, -0.05) is 11.3 Å². The van der Waals surface area contributed by atoms with Gasteiger partial charge < -0.3 is 4.74 Å². The summed E-state index contributed by atoms with van der Waals surface area (Å²) in [6.45, 7) is 4.31. The number of likely N-dealkylation sites (tertiary alicyclic amines) is 1. The molecule has 0 aromatic carbocycles. The minimum Gasteiger partial charge on any atom is -0.377 e. The Morgan fingerprint density at radius 3 is 3.12 bits per heavy atom. The van der Waals surface area contributed by atoms with Gasteiger partial charge in [0.2, 0.25) is 11.0 Å². The van der Waals surface area contributed by atoms with Crippen molar-refractivity contribution in [2.45, 2.75) is 32.3 Å².